The van der Waals surface area contributed by atoms with Gasteiger partial charge in [0.2, 0.25) is 0 Å². The molecule has 110 valence electrons. The molecule has 5 heteroatoms. The molecule has 5 nitrogen and oxygen atoms in total. The molecule has 1 amide bonds. The number of benzene rings is 1. The van der Waals surface area contributed by atoms with Gasteiger partial charge in [-0.1, -0.05) is 18.2 Å². The maximum Gasteiger partial charge on any atom is 0.257 e. The molecule has 2 aliphatic rings. The van der Waals surface area contributed by atoms with Crippen molar-refractivity contribution in [3.05, 3.63) is 41.5 Å². The average molecular weight is 285 g/mol. The molecule has 2 unspecified atom stereocenters. The lowest BCUT2D eigenvalue weighted by atomic mass is 10.2. The van der Waals surface area contributed by atoms with Crippen LogP contribution in [0.3, 0.4) is 0 Å². The number of amides is 1. The van der Waals surface area contributed by atoms with E-state index in [2.05, 4.69) is 12.0 Å². The first kappa shape index (κ1) is 13.8. The van der Waals surface area contributed by atoms with Gasteiger partial charge in [-0.15, -0.1) is 0 Å². The minimum absolute atomic E-state index is 0.152. The van der Waals surface area contributed by atoms with E-state index in [1.165, 1.54) is 4.90 Å². The molecule has 2 atom stereocenters. The highest BCUT2D eigenvalue weighted by Crippen LogP contribution is 2.30. The van der Waals surface area contributed by atoms with Gasteiger partial charge in [0.15, 0.2) is 6.23 Å². The molecule has 0 radical (unpaired) electrons. The molecule has 0 bridgehead atoms. The Morgan fingerprint density at radius 1 is 1.24 bits per heavy atom. The molecule has 2 aliphatic heterocycles. The van der Waals surface area contributed by atoms with Gasteiger partial charge < -0.3 is 5.11 Å². The summed E-state index contributed by atoms with van der Waals surface area (Å²) in [4.78, 5) is 13.7. The van der Waals surface area contributed by atoms with E-state index < -0.39 is 6.23 Å². The van der Waals surface area contributed by atoms with E-state index in [0.717, 1.165) is 5.69 Å². The van der Waals surface area contributed by atoms with Crippen LogP contribution in [0, 0.1) is 0 Å². The van der Waals surface area contributed by atoms with Crippen LogP contribution in [0.5, 0.6) is 0 Å². The van der Waals surface area contributed by atoms with Crippen molar-refractivity contribution in [3.63, 3.8) is 0 Å². The van der Waals surface area contributed by atoms with Gasteiger partial charge in [-0.05, 0) is 38.5 Å². The number of carbonyl (C=O) groups is 1. The van der Waals surface area contributed by atoms with E-state index in [0.29, 0.717) is 23.4 Å². The van der Waals surface area contributed by atoms with Crippen LogP contribution in [-0.2, 0) is 4.79 Å². The van der Waals surface area contributed by atoms with E-state index in [4.69, 9.17) is 0 Å². The average Bonchev–Trinajstić information content (AvgIpc) is 2.95. The quantitative estimate of drug-likeness (QED) is 0.859. The summed E-state index contributed by atoms with van der Waals surface area (Å²) in [5, 5.41) is 16.7. The monoisotopic (exact) mass is 285 g/mol. The number of nitrogens with zero attached hydrogens (tertiary/aromatic N) is 3. The minimum Gasteiger partial charge on any atom is -0.369 e. The standard InChI is InChI=1S/C16H19N3O2/c1-10-9-14(17-19(10)13-7-5-4-6-8-13)18-15(20)11(2)12(3)16(18)21/h4-8,10,15,20H,9H2,1-3H3. The Balaban J connectivity index is 1.90. The summed E-state index contributed by atoms with van der Waals surface area (Å²) in [7, 11) is 0. The van der Waals surface area contributed by atoms with Gasteiger partial charge in [0.05, 0.1) is 11.7 Å². The summed E-state index contributed by atoms with van der Waals surface area (Å²) in [5.74, 6) is 0.473. The molecular formula is C16H19N3O2. The zero-order chi connectivity index (χ0) is 15.1. The van der Waals surface area contributed by atoms with Crippen LogP contribution in [0.4, 0.5) is 5.69 Å². The highest BCUT2D eigenvalue weighted by Gasteiger charge is 2.40. The number of aliphatic hydroxyl groups is 1. The Morgan fingerprint density at radius 3 is 2.48 bits per heavy atom. The maximum absolute atomic E-state index is 12.3. The Kier molecular flexibility index (Phi) is 3.29. The molecule has 1 aromatic rings. The fraction of sp³-hybridized carbons (Fsp3) is 0.375. The lowest BCUT2D eigenvalue weighted by Crippen LogP contribution is -2.40. The number of hydrogen-bond acceptors (Lipinski definition) is 4. The van der Waals surface area contributed by atoms with Crippen molar-refractivity contribution in [3.8, 4) is 0 Å². The van der Waals surface area contributed by atoms with Crippen molar-refractivity contribution in [2.24, 2.45) is 5.10 Å². The summed E-state index contributed by atoms with van der Waals surface area (Å²) in [6.45, 7) is 5.59. The predicted molar refractivity (Wildman–Crippen MR) is 81.7 cm³/mol. The highest BCUT2D eigenvalue weighted by atomic mass is 16.3. The third kappa shape index (κ3) is 2.14. The lowest BCUT2D eigenvalue weighted by Gasteiger charge is -2.21. The van der Waals surface area contributed by atoms with Gasteiger partial charge in [0.25, 0.3) is 5.91 Å². The van der Waals surface area contributed by atoms with E-state index in [1.54, 1.807) is 13.8 Å². The van der Waals surface area contributed by atoms with Crippen LogP contribution in [0.25, 0.3) is 0 Å². The van der Waals surface area contributed by atoms with Crippen LogP contribution in [0.15, 0.2) is 46.6 Å². The molecule has 0 aliphatic carbocycles. The van der Waals surface area contributed by atoms with Crippen molar-refractivity contribution in [2.45, 2.75) is 39.5 Å². The Labute approximate surface area is 124 Å². The first-order valence-corrected chi connectivity index (χ1v) is 7.11. The molecule has 3 rings (SSSR count). The zero-order valence-electron chi connectivity index (χ0n) is 12.4. The molecule has 21 heavy (non-hydrogen) atoms. The largest absolute Gasteiger partial charge is 0.369 e. The van der Waals surface area contributed by atoms with Gasteiger partial charge in [-0.2, -0.15) is 5.10 Å². The van der Waals surface area contributed by atoms with Gasteiger partial charge >= 0.3 is 0 Å². The number of hydrazone groups is 1. The second-order valence-corrected chi connectivity index (χ2v) is 5.61. The van der Waals surface area contributed by atoms with Crippen molar-refractivity contribution in [1.29, 1.82) is 0 Å². The molecular weight excluding hydrogens is 266 g/mol. The van der Waals surface area contributed by atoms with E-state index in [9.17, 15) is 9.90 Å². The first-order chi connectivity index (χ1) is 10.0. The van der Waals surface area contributed by atoms with Gasteiger partial charge in [-0.3, -0.25) is 14.7 Å². The summed E-state index contributed by atoms with van der Waals surface area (Å²) in [5.41, 5.74) is 2.30. The maximum atomic E-state index is 12.3. The van der Waals surface area contributed by atoms with E-state index in [1.807, 2.05) is 35.3 Å². The molecule has 0 spiro atoms. The number of carbonyl (C=O) groups excluding carboxylic acids is 1. The van der Waals surface area contributed by atoms with Crippen LogP contribution in [0.2, 0.25) is 0 Å². The van der Waals surface area contributed by atoms with Gasteiger partial charge in [0.1, 0.15) is 5.84 Å². The SMILES string of the molecule is CC1=C(C)C(O)N(C2=NN(c3ccccc3)C(C)C2)C1=O. The van der Waals surface area contributed by atoms with Crippen LogP contribution < -0.4 is 5.01 Å². The smallest absolute Gasteiger partial charge is 0.257 e. The minimum atomic E-state index is -0.890. The molecule has 0 fully saturated rings. The van der Waals surface area contributed by atoms with Crippen LogP contribution in [0.1, 0.15) is 27.2 Å². The summed E-state index contributed by atoms with van der Waals surface area (Å²) in [6, 6.07) is 10.0. The number of para-hydroxylation sites is 1. The van der Waals surface area contributed by atoms with E-state index >= 15 is 0 Å². The molecule has 1 N–H and O–H groups in total. The van der Waals surface area contributed by atoms with Gasteiger partial charge in [-0.25, -0.2) is 0 Å². The topological polar surface area (TPSA) is 56.1 Å². The number of rotatable bonds is 1. The Bertz CT molecular complexity index is 636. The number of amidine groups is 1. The van der Waals surface area contributed by atoms with Crippen LogP contribution >= 0.6 is 0 Å². The zero-order valence-corrected chi connectivity index (χ0v) is 12.4. The molecule has 0 saturated heterocycles. The van der Waals surface area contributed by atoms with Crippen LogP contribution in [-0.4, -0.2) is 34.0 Å². The predicted octanol–water partition coefficient (Wildman–Crippen LogP) is 2.10. The Hall–Kier alpha value is -2.14. The van der Waals surface area contributed by atoms with Crippen molar-refractivity contribution in [1.82, 2.24) is 4.90 Å². The number of anilines is 1. The van der Waals surface area contributed by atoms with E-state index in [-0.39, 0.29) is 11.9 Å². The highest BCUT2D eigenvalue weighted by molar-refractivity contribution is 6.09. The molecule has 2 heterocycles. The number of hydrogen-bond donors (Lipinski definition) is 1. The van der Waals surface area contributed by atoms with Gasteiger partial charge in [0, 0.05) is 12.0 Å². The summed E-state index contributed by atoms with van der Waals surface area (Å²) < 4.78 is 0. The normalized spacial score (nSPS) is 25.9. The summed E-state index contributed by atoms with van der Waals surface area (Å²) >= 11 is 0. The molecule has 0 aromatic heterocycles. The fourth-order valence-electron chi connectivity index (χ4n) is 2.76. The third-order valence-corrected chi connectivity index (χ3v) is 4.18. The fourth-order valence-corrected chi connectivity index (χ4v) is 2.76. The molecule has 0 saturated carbocycles. The molecule has 1 aromatic carbocycles. The van der Waals surface area contributed by atoms with Crippen molar-refractivity contribution in [2.75, 3.05) is 5.01 Å². The summed E-state index contributed by atoms with van der Waals surface area (Å²) in [6.07, 6.45) is -0.252. The Morgan fingerprint density at radius 2 is 1.90 bits per heavy atom. The lowest BCUT2D eigenvalue weighted by molar-refractivity contribution is -0.126. The first-order valence-electron chi connectivity index (χ1n) is 7.11. The van der Waals surface area contributed by atoms with Crippen molar-refractivity contribution < 1.29 is 9.90 Å². The second kappa shape index (κ2) is 5.00. The second-order valence-electron chi connectivity index (χ2n) is 5.61. The third-order valence-electron chi connectivity index (χ3n) is 4.18. The van der Waals surface area contributed by atoms with Crippen molar-refractivity contribution >= 4 is 17.4 Å². The number of aliphatic hydroxyl groups excluding tert-OH is 1.